The molecule has 3 aromatic rings. The van der Waals surface area contributed by atoms with Crippen LogP contribution in [-0.4, -0.2) is 73.6 Å². The van der Waals surface area contributed by atoms with E-state index in [0.717, 1.165) is 48.0 Å². The average Bonchev–Trinajstić information content (AvgIpc) is 3.33. The summed E-state index contributed by atoms with van der Waals surface area (Å²) in [4.78, 5) is 13.9. The van der Waals surface area contributed by atoms with Gasteiger partial charge in [0, 0.05) is 43.0 Å². The number of pyridine rings is 2. The first kappa shape index (κ1) is 26.6. The number of hydrogen-bond donors (Lipinski definition) is 1. The van der Waals surface area contributed by atoms with E-state index in [4.69, 9.17) is 4.74 Å². The van der Waals surface area contributed by atoms with Crippen molar-refractivity contribution in [1.82, 2.24) is 24.4 Å². The Morgan fingerprint density at radius 1 is 1.31 bits per heavy atom. The zero-order valence-corrected chi connectivity index (χ0v) is 23.0. The number of rotatable bonds is 9. The van der Waals surface area contributed by atoms with Gasteiger partial charge in [0.05, 0.1) is 34.8 Å². The fourth-order valence-electron chi connectivity index (χ4n) is 5.37. The second-order valence-corrected chi connectivity index (χ2v) is 11.1. The maximum atomic E-state index is 10.1. The van der Waals surface area contributed by atoms with E-state index in [9.17, 15) is 10.4 Å². The molecule has 0 radical (unpaired) electrons. The predicted molar refractivity (Wildman–Crippen MR) is 151 cm³/mol. The van der Waals surface area contributed by atoms with Crippen molar-refractivity contribution in [2.45, 2.75) is 58.3 Å². The Balaban J connectivity index is 1.35. The molecule has 6 rings (SSSR count). The summed E-state index contributed by atoms with van der Waals surface area (Å²) in [5.41, 5.74) is 4.14. The third kappa shape index (κ3) is 5.72. The second-order valence-electron chi connectivity index (χ2n) is 11.1. The van der Waals surface area contributed by atoms with Crippen LogP contribution in [0.15, 0.2) is 59.6 Å². The molecule has 0 spiro atoms. The number of hydrogen-bond acceptors (Lipinski definition) is 8. The number of piperidine rings is 1. The van der Waals surface area contributed by atoms with E-state index in [0.29, 0.717) is 28.9 Å². The van der Waals surface area contributed by atoms with Crippen molar-refractivity contribution in [3.05, 3.63) is 77.1 Å². The van der Waals surface area contributed by atoms with Crippen LogP contribution < -0.4 is 4.74 Å². The van der Waals surface area contributed by atoms with Gasteiger partial charge in [-0.2, -0.15) is 10.4 Å². The van der Waals surface area contributed by atoms with Crippen LogP contribution in [0.4, 0.5) is 0 Å². The van der Waals surface area contributed by atoms with Gasteiger partial charge in [0.1, 0.15) is 24.2 Å². The Hall–Kier alpha value is -4.00. The van der Waals surface area contributed by atoms with Crippen LogP contribution in [0.1, 0.15) is 49.7 Å². The van der Waals surface area contributed by atoms with Crippen LogP contribution in [0.2, 0.25) is 0 Å². The van der Waals surface area contributed by atoms with Crippen LogP contribution >= 0.6 is 0 Å². The maximum Gasteiger partial charge on any atom is 0.138 e. The van der Waals surface area contributed by atoms with E-state index in [-0.39, 0.29) is 6.61 Å². The third-order valence-electron chi connectivity index (χ3n) is 7.33. The Bertz CT molecular complexity index is 1480. The quantitative estimate of drug-likeness (QED) is 0.333. The summed E-state index contributed by atoms with van der Waals surface area (Å²) in [5.74, 6) is 1.39. The topological polar surface area (TPSA) is 102 Å². The van der Waals surface area contributed by atoms with Gasteiger partial charge in [-0.25, -0.2) is 9.51 Å². The molecule has 3 aliphatic heterocycles. The first-order valence-electron chi connectivity index (χ1n) is 13.2. The van der Waals surface area contributed by atoms with Crippen LogP contribution in [0.25, 0.3) is 11.1 Å². The van der Waals surface area contributed by atoms with Gasteiger partial charge in [-0.15, -0.1) is 0 Å². The molecular formula is C30H35N7O2. The first-order chi connectivity index (χ1) is 18.6. The van der Waals surface area contributed by atoms with E-state index in [2.05, 4.69) is 49.8 Å². The highest BCUT2D eigenvalue weighted by molar-refractivity contribution is 5.82. The zero-order chi connectivity index (χ0) is 27.7. The van der Waals surface area contributed by atoms with Crippen molar-refractivity contribution in [3.8, 4) is 11.8 Å². The molecule has 2 atom stereocenters. The molecule has 0 aliphatic carbocycles. The fourth-order valence-corrected chi connectivity index (χ4v) is 5.37. The highest BCUT2D eigenvalue weighted by atomic mass is 16.5. The molecule has 1 N–H and O–H groups in total. The lowest BCUT2D eigenvalue weighted by atomic mass is 9.87. The van der Waals surface area contributed by atoms with Gasteiger partial charge >= 0.3 is 0 Å². The highest BCUT2D eigenvalue weighted by Crippen LogP contribution is 2.35. The van der Waals surface area contributed by atoms with Crippen LogP contribution in [0.3, 0.4) is 0 Å². The normalized spacial score (nSPS) is 20.1. The van der Waals surface area contributed by atoms with E-state index in [1.165, 1.54) is 6.42 Å². The number of allylic oxidation sites excluding steroid dienone is 3. The van der Waals surface area contributed by atoms with Crippen LogP contribution in [-0.2, 0) is 6.54 Å². The summed E-state index contributed by atoms with van der Waals surface area (Å²) in [5, 5.41) is 24.1. The van der Waals surface area contributed by atoms with Crippen molar-refractivity contribution < 1.29 is 9.84 Å². The van der Waals surface area contributed by atoms with Crippen LogP contribution in [0, 0.1) is 18.3 Å². The summed E-state index contributed by atoms with van der Waals surface area (Å²) in [6.45, 7) is 14.0. The molecule has 2 bridgehead atoms. The highest BCUT2D eigenvalue weighted by Gasteiger charge is 2.44. The maximum absolute atomic E-state index is 10.1. The summed E-state index contributed by atoms with van der Waals surface area (Å²) >= 11 is 0. The second kappa shape index (κ2) is 10.6. The SMILES string of the molecule is C=N/C(=C\C=C(/C)c1cc(OCC(C)(C)O)cn2ncc(C#N)c12)N1CC2CC(C1)N2Cc1cccc(C)n1. The lowest BCUT2D eigenvalue weighted by molar-refractivity contribution is -0.0651. The number of aromatic nitrogens is 3. The Kier molecular flexibility index (Phi) is 7.25. The molecule has 9 nitrogen and oxygen atoms in total. The third-order valence-corrected chi connectivity index (χ3v) is 7.33. The average molecular weight is 526 g/mol. The Morgan fingerprint density at radius 2 is 2.08 bits per heavy atom. The van der Waals surface area contributed by atoms with Gasteiger partial charge in [0.2, 0.25) is 0 Å². The monoisotopic (exact) mass is 525 g/mol. The van der Waals surface area contributed by atoms with Gasteiger partial charge in [-0.1, -0.05) is 12.1 Å². The minimum absolute atomic E-state index is 0.131. The van der Waals surface area contributed by atoms with Gasteiger partial charge in [-0.05, 0) is 70.7 Å². The molecule has 3 saturated heterocycles. The van der Waals surface area contributed by atoms with Crippen molar-refractivity contribution >= 4 is 17.8 Å². The molecule has 0 amide bonds. The molecule has 9 heteroatoms. The van der Waals surface area contributed by atoms with Crippen LogP contribution in [0.5, 0.6) is 5.75 Å². The van der Waals surface area contributed by atoms with E-state index in [1.54, 1.807) is 30.8 Å². The lowest BCUT2D eigenvalue weighted by Gasteiger charge is -2.56. The van der Waals surface area contributed by atoms with Gasteiger partial charge in [0.25, 0.3) is 0 Å². The standard InChI is InChI=1S/C30H35N7O2/c1-20(27-12-26(39-19-30(3,4)38)18-37-29(27)22(13-31)14-33-37)9-10-28(32-5)35-16-24-11-25(17-35)36(24)15-23-8-6-7-21(2)34-23/h6-10,12,14,18,24-25,38H,5,11,15-17,19H2,1-4H3/b20-9+,28-10+. The summed E-state index contributed by atoms with van der Waals surface area (Å²) < 4.78 is 7.50. The van der Waals surface area contributed by atoms with Gasteiger partial charge in [0.15, 0.2) is 0 Å². The molecule has 6 heterocycles. The largest absolute Gasteiger partial charge is 0.489 e. The minimum Gasteiger partial charge on any atom is -0.489 e. The number of nitrogens with zero attached hydrogens (tertiary/aromatic N) is 7. The molecule has 3 aromatic heterocycles. The number of aliphatic imine (C=N–C) groups is 1. The molecule has 0 aromatic carbocycles. The molecule has 3 fully saturated rings. The first-order valence-corrected chi connectivity index (χ1v) is 13.2. The molecule has 3 aliphatic rings. The number of fused-ring (bicyclic) bond motifs is 3. The van der Waals surface area contributed by atoms with Crippen molar-refractivity contribution in [1.29, 1.82) is 5.26 Å². The van der Waals surface area contributed by atoms with Crippen molar-refractivity contribution in [2.24, 2.45) is 4.99 Å². The Labute approximate surface area is 229 Å². The number of ether oxygens (including phenoxy) is 1. The number of nitriles is 1. The molecule has 202 valence electrons. The number of aryl methyl sites for hydroxylation is 1. The van der Waals surface area contributed by atoms with Crippen molar-refractivity contribution in [2.75, 3.05) is 19.7 Å². The molecule has 2 unspecified atom stereocenters. The molecular weight excluding hydrogens is 490 g/mol. The molecule has 0 saturated carbocycles. The van der Waals surface area contributed by atoms with Gasteiger partial charge in [-0.3, -0.25) is 9.88 Å². The van der Waals surface area contributed by atoms with E-state index >= 15 is 0 Å². The minimum atomic E-state index is -0.976. The summed E-state index contributed by atoms with van der Waals surface area (Å²) in [7, 11) is 0. The summed E-state index contributed by atoms with van der Waals surface area (Å²) in [6.07, 6.45) is 8.46. The lowest BCUT2D eigenvalue weighted by Crippen LogP contribution is -2.67. The Morgan fingerprint density at radius 3 is 2.74 bits per heavy atom. The zero-order valence-electron chi connectivity index (χ0n) is 23.0. The molecule has 39 heavy (non-hydrogen) atoms. The smallest absolute Gasteiger partial charge is 0.138 e. The predicted octanol–water partition coefficient (Wildman–Crippen LogP) is 3.96. The van der Waals surface area contributed by atoms with Gasteiger partial charge < -0.3 is 14.7 Å². The number of aliphatic hydroxyl groups is 1. The van der Waals surface area contributed by atoms with Crippen molar-refractivity contribution in [3.63, 3.8) is 0 Å². The summed E-state index contributed by atoms with van der Waals surface area (Å²) in [6, 6.07) is 11.3. The number of piperazine rings is 1. The van der Waals surface area contributed by atoms with E-state index < -0.39 is 5.60 Å². The fraction of sp³-hybridized carbons (Fsp3) is 0.400. The van der Waals surface area contributed by atoms with E-state index in [1.807, 2.05) is 38.1 Å².